The molecule has 0 unspecified atom stereocenters. The number of nitrogens with zero attached hydrogens (tertiary/aromatic N) is 2. The Bertz CT molecular complexity index is 583. The summed E-state index contributed by atoms with van der Waals surface area (Å²) in [5.41, 5.74) is 6.91. The molecule has 1 atom stereocenters. The lowest BCUT2D eigenvalue weighted by Crippen LogP contribution is -2.55. The zero-order valence-corrected chi connectivity index (χ0v) is 13.4. The second kappa shape index (κ2) is 6.48. The first-order chi connectivity index (χ1) is 11.0. The Morgan fingerprint density at radius 2 is 1.91 bits per heavy atom. The van der Waals surface area contributed by atoms with Crippen LogP contribution in [0.2, 0.25) is 0 Å². The van der Waals surface area contributed by atoms with Gasteiger partial charge in [0, 0.05) is 36.9 Å². The second-order valence-electron chi connectivity index (χ2n) is 6.44. The average Bonchev–Trinajstić information content (AvgIpc) is 3.37. The summed E-state index contributed by atoms with van der Waals surface area (Å²) in [6, 6.07) is 6.89. The molecule has 3 rings (SSSR count). The predicted octanol–water partition coefficient (Wildman–Crippen LogP) is 1.96. The SMILES string of the molecule is C[C@H]1CN(C(=O)OCC2CC2)CCN1C(=O)c1ccc(N)cc1. The first kappa shape index (κ1) is 15.6. The van der Waals surface area contributed by atoms with Crippen molar-refractivity contribution < 1.29 is 14.3 Å². The Hall–Kier alpha value is -2.24. The molecule has 1 saturated heterocycles. The lowest BCUT2D eigenvalue weighted by atomic mass is 10.1. The van der Waals surface area contributed by atoms with Gasteiger partial charge >= 0.3 is 6.09 Å². The zero-order chi connectivity index (χ0) is 16.4. The minimum Gasteiger partial charge on any atom is -0.449 e. The lowest BCUT2D eigenvalue weighted by molar-refractivity contribution is 0.0404. The molecule has 6 nitrogen and oxygen atoms in total. The molecule has 1 aromatic rings. The maximum atomic E-state index is 12.6. The molecule has 6 heteroatoms. The summed E-state index contributed by atoms with van der Waals surface area (Å²) in [5.74, 6) is 0.535. The molecule has 1 saturated carbocycles. The van der Waals surface area contributed by atoms with E-state index in [1.165, 1.54) is 0 Å². The van der Waals surface area contributed by atoms with Crippen LogP contribution in [0.1, 0.15) is 30.1 Å². The van der Waals surface area contributed by atoms with Crippen LogP contribution in [0.3, 0.4) is 0 Å². The van der Waals surface area contributed by atoms with Gasteiger partial charge in [-0.3, -0.25) is 4.79 Å². The van der Waals surface area contributed by atoms with E-state index in [0.29, 0.717) is 43.4 Å². The standard InChI is InChI=1S/C17H23N3O3/c1-12-10-19(17(22)23-11-13-2-3-13)8-9-20(12)16(21)14-4-6-15(18)7-5-14/h4-7,12-13H,2-3,8-11,18H2,1H3/t12-/m0/s1. The van der Waals surface area contributed by atoms with E-state index < -0.39 is 0 Å². The zero-order valence-electron chi connectivity index (χ0n) is 13.4. The third-order valence-electron chi connectivity index (χ3n) is 4.44. The summed E-state index contributed by atoms with van der Waals surface area (Å²) in [4.78, 5) is 28.1. The van der Waals surface area contributed by atoms with E-state index in [1.807, 2.05) is 6.92 Å². The van der Waals surface area contributed by atoms with Crippen molar-refractivity contribution in [2.24, 2.45) is 5.92 Å². The highest BCUT2D eigenvalue weighted by molar-refractivity contribution is 5.94. The normalized spacial score (nSPS) is 21.2. The first-order valence-corrected chi connectivity index (χ1v) is 8.13. The third-order valence-corrected chi connectivity index (χ3v) is 4.44. The van der Waals surface area contributed by atoms with Gasteiger partial charge < -0.3 is 20.3 Å². The highest BCUT2D eigenvalue weighted by atomic mass is 16.6. The van der Waals surface area contributed by atoms with Crippen LogP contribution in [0.25, 0.3) is 0 Å². The van der Waals surface area contributed by atoms with Gasteiger partial charge in [-0.15, -0.1) is 0 Å². The maximum Gasteiger partial charge on any atom is 0.409 e. The van der Waals surface area contributed by atoms with E-state index in [4.69, 9.17) is 10.5 Å². The van der Waals surface area contributed by atoms with Gasteiger partial charge in [-0.1, -0.05) is 0 Å². The lowest BCUT2D eigenvalue weighted by Gasteiger charge is -2.39. The van der Waals surface area contributed by atoms with Gasteiger partial charge in [0.15, 0.2) is 0 Å². The summed E-state index contributed by atoms with van der Waals surface area (Å²) < 4.78 is 5.32. The quantitative estimate of drug-likeness (QED) is 0.865. The number of hydrogen-bond acceptors (Lipinski definition) is 4. The summed E-state index contributed by atoms with van der Waals surface area (Å²) in [6.45, 7) is 4.01. The molecular weight excluding hydrogens is 294 g/mol. The van der Waals surface area contributed by atoms with Crippen LogP contribution in [0, 0.1) is 5.92 Å². The van der Waals surface area contributed by atoms with E-state index >= 15 is 0 Å². The molecule has 2 N–H and O–H groups in total. The molecule has 0 bridgehead atoms. The number of benzene rings is 1. The number of rotatable bonds is 3. The number of carbonyl (C=O) groups excluding carboxylic acids is 2. The van der Waals surface area contributed by atoms with E-state index in [0.717, 1.165) is 12.8 Å². The highest BCUT2D eigenvalue weighted by Crippen LogP contribution is 2.29. The molecule has 0 aromatic heterocycles. The molecule has 1 aliphatic carbocycles. The fourth-order valence-electron chi connectivity index (χ4n) is 2.78. The predicted molar refractivity (Wildman–Crippen MR) is 87.0 cm³/mol. The molecule has 2 aliphatic rings. The van der Waals surface area contributed by atoms with Crippen LogP contribution in [0.15, 0.2) is 24.3 Å². The van der Waals surface area contributed by atoms with E-state index in [1.54, 1.807) is 34.1 Å². The van der Waals surface area contributed by atoms with Crippen LogP contribution < -0.4 is 5.73 Å². The van der Waals surface area contributed by atoms with Crippen molar-refractivity contribution in [3.05, 3.63) is 29.8 Å². The van der Waals surface area contributed by atoms with E-state index in [9.17, 15) is 9.59 Å². The van der Waals surface area contributed by atoms with E-state index in [-0.39, 0.29) is 18.0 Å². The van der Waals surface area contributed by atoms with Crippen LogP contribution in [-0.4, -0.2) is 54.1 Å². The molecule has 2 fully saturated rings. The van der Waals surface area contributed by atoms with Gasteiger partial charge in [0.25, 0.3) is 5.91 Å². The van der Waals surface area contributed by atoms with Crippen molar-refractivity contribution in [3.63, 3.8) is 0 Å². The number of piperazine rings is 1. The third kappa shape index (κ3) is 3.75. The Kier molecular flexibility index (Phi) is 4.41. The minimum atomic E-state index is -0.261. The number of carbonyl (C=O) groups is 2. The molecule has 23 heavy (non-hydrogen) atoms. The molecule has 124 valence electrons. The number of hydrogen-bond donors (Lipinski definition) is 1. The minimum absolute atomic E-state index is 0.0245. The van der Waals surface area contributed by atoms with Gasteiger partial charge in [-0.25, -0.2) is 4.79 Å². The molecule has 0 radical (unpaired) electrons. The molecule has 1 aromatic carbocycles. The number of ether oxygens (including phenoxy) is 1. The second-order valence-corrected chi connectivity index (χ2v) is 6.44. The Morgan fingerprint density at radius 3 is 2.52 bits per heavy atom. The van der Waals surface area contributed by atoms with Crippen molar-refractivity contribution in [2.45, 2.75) is 25.8 Å². The van der Waals surface area contributed by atoms with Crippen LogP contribution >= 0.6 is 0 Å². The number of amides is 2. The number of anilines is 1. The summed E-state index contributed by atoms with van der Waals surface area (Å²) >= 11 is 0. The Morgan fingerprint density at radius 1 is 1.22 bits per heavy atom. The summed E-state index contributed by atoms with van der Waals surface area (Å²) in [6.07, 6.45) is 2.06. The van der Waals surface area contributed by atoms with Gasteiger partial charge in [-0.05, 0) is 49.9 Å². The fourth-order valence-corrected chi connectivity index (χ4v) is 2.78. The van der Waals surface area contributed by atoms with Crippen LogP contribution in [0.5, 0.6) is 0 Å². The number of nitrogen functional groups attached to an aromatic ring is 1. The Balaban J connectivity index is 1.56. The fraction of sp³-hybridized carbons (Fsp3) is 0.529. The van der Waals surface area contributed by atoms with Crippen molar-refractivity contribution in [1.82, 2.24) is 9.80 Å². The van der Waals surface area contributed by atoms with Crippen molar-refractivity contribution >= 4 is 17.7 Å². The maximum absolute atomic E-state index is 12.6. The van der Waals surface area contributed by atoms with Gasteiger partial charge in [0.2, 0.25) is 0 Å². The summed E-state index contributed by atoms with van der Waals surface area (Å²) in [5, 5.41) is 0. The highest BCUT2D eigenvalue weighted by Gasteiger charge is 2.32. The van der Waals surface area contributed by atoms with E-state index in [2.05, 4.69) is 0 Å². The monoisotopic (exact) mass is 317 g/mol. The Labute approximate surface area is 136 Å². The number of nitrogens with two attached hydrogens (primary N) is 1. The average molecular weight is 317 g/mol. The van der Waals surface area contributed by atoms with Crippen molar-refractivity contribution in [2.75, 3.05) is 32.0 Å². The first-order valence-electron chi connectivity index (χ1n) is 8.13. The van der Waals surface area contributed by atoms with Crippen LogP contribution in [0.4, 0.5) is 10.5 Å². The van der Waals surface area contributed by atoms with Gasteiger partial charge in [0.1, 0.15) is 0 Å². The summed E-state index contributed by atoms with van der Waals surface area (Å²) in [7, 11) is 0. The van der Waals surface area contributed by atoms with Crippen LogP contribution in [-0.2, 0) is 4.74 Å². The molecule has 0 spiro atoms. The van der Waals surface area contributed by atoms with Crippen molar-refractivity contribution in [3.8, 4) is 0 Å². The topological polar surface area (TPSA) is 75.9 Å². The largest absolute Gasteiger partial charge is 0.449 e. The molecule has 1 aliphatic heterocycles. The molecular formula is C17H23N3O3. The smallest absolute Gasteiger partial charge is 0.409 e. The van der Waals surface area contributed by atoms with Crippen molar-refractivity contribution in [1.29, 1.82) is 0 Å². The molecule has 2 amide bonds. The molecule has 1 heterocycles. The van der Waals surface area contributed by atoms with Gasteiger partial charge in [-0.2, -0.15) is 0 Å². The van der Waals surface area contributed by atoms with Gasteiger partial charge in [0.05, 0.1) is 6.61 Å².